The van der Waals surface area contributed by atoms with Gasteiger partial charge in [0.1, 0.15) is 5.82 Å². The highest BCUT2D eigenvalue weighted by Crippen LogP contribution is 2.43. The van der Waals surface area contributed by atoms with Gasteiger partial charge in [0.15, 0.2) is 12.0 Å². The molecule has 0 saturated carbocycles. The molecule has 2 atom stereocenters. The van der Waals surface area contributed by atoms with Crippen molar-refractivity contribution in [2.24, 2.45) is 0 Å². The van der Waals surface area contributed by atoms with E-state index >= 15 is 0 Å². The van der Waals surface area contributed by atoms with Crippen LogP contribution in [0.5, 0.6) is 0 Å². The van der Waals surface area contributed by atoms with Gasteiger partial charge in [-0.25, -0.2) is 15.0 Å². The maximum absolute atomic E-state index is 12.1. The maximum atomic E-state index is 12.1. The van der Waals surface area contributed by atoms with Gasteiger partial charge in [-0.1, -0.05) is 12.1 Å². The minimum atomic E-state index is -0.963. The molecule has 1 aliphatic carbocycles. The zero-order chi connectivity index (χ0) is 29.4. The number of aromatic nitrogens is 3. The molecule has 1 saturated heterocycles. The Balaban J connectivity index is 1.31. The first-order valence-corrected chi connectivity index (χ1v) is 14.6. The smallest absolute Gasteiger partial charge is 0.229 e. The number of pyridine rings is 1. The first-order chi connectivity index (χ1) is 20.3. The number of nitrogens with one attached hydrogen (secondary N) is 2. The monoisotopic (exact) mass is 569 g/mol. The van der Waals surface area contributed by atoms with Crippen molar-refractivity contribution >= 4 is 34.9 Å². The summed E-state index contributed by atoms with van der Waals surface area (Å²) in [6.07, 6.45) is 5.10. The predicted molar refractivity (Wildman–Crippen MR) is 164 cm³/mol. The Hall–Kier alpha value is -4.06. The number of fused-ring (bicyclic) bond motifs is 2. The molecule has 2 aromatic heterocycles. The zero-order valence-electron chi connectivity index (χ0n) is 24.5. The van der Waals surface area contributed by atoms with Gasteiger partial charge in [0.2, 0.25) is 11.9 Å². The third kappa shape index (κ3) is 5.31. The van der Waals surface area contributed by atoms with Crippen LogP contribution >= 0.6 is 0 Å². The Morgan fingerprint density at radius 1 is 1.14 bits per heavy atom. The Morgan fingerprint density at radius 2 is 1.90 bits per heavy atom. The van der Waals surface area contributed by atoms with E-state index in [1.807, 2.05) is 30.1 Å². The van der Waals surface area contributed by atoms with Crippen molar-refractivity contribution in [1.82, 2.24) is 30.2 Å². The number of aryl methyl sites for hydroxylation is 1. The van der Waals surface area contributed by atoms with E-state index in [1.54, 1.807) is 17.3 Å². The van der Waals surface area contributed by atoms with E-state index < -0.39 is 11.8 Å². The SMILES string of the molecule is C=CCN1C(O)c2cnc(Nc3ccc(N4CCN(C)CC4)cc3)nc2N1c1ccc2c(n1)[C@](C)(NC(C)=O)CCC2. The van der Waals surface area contributed by atoms with Crippen LogP contribution in [0, 0.1) is 0 Å². The summed E-state index contributed by atoms with van der Waals surface area (Å²) in [5.41, 5.74) is 4.03. The third-order valence-corrected chi connectivity index (χ3v) is 8.40. The minimum absolute atomic E-state index is 0.0900. The lowest BCUT2D eigenvalue weighted by molar-refractivity contribution is -0.121. The standard InChI is InChI=1S/C31H39N9O2/c1-5-15-39-29(42)25-20-32-30(33-23-9-11-24(12-10-23)38-18-16-37(4)17-19-38)35-28(25)40(39)26-13-8-22-7-6-14-31(3,27(22)34-26)36-21(2)41/h5,8-13,20,29,42H,1,6-7,14-19H2,2-4H3,(H,36,41)(H,32,33,35)/t29?,31-/m1/s1. The second-order valence-corrected chi connectivity index (χ2v) is 11.6. The number of aliphatic hydroxyl groups excluding tert-OH is 1. The van der Waals surface area contributed by atoms with E-state index in [4.69, 9.17) is 9.97 Å². The molecule has 2 aliphatic heterocycles. The maximum Gasteiger partial charge on any atom is 0.229 e. The number of rotatable bonds is 7. The molecule has 3 aliphatic rings. The Bertz CT molecular complexity index is 1470. The largest absolute Gasteiger partial charge is 0.372 e. The van der Waals surface area contributed by atoms with Crippen LogP contribution in [0.3, 0.4) is 0 Å². The number of benzene rings is 1. The van der Waals surface area contributed by atoms with Gasteiger partial charge in [-0.3, -0.25) is 4.79 Å². The van der Waals surface area contributed by atoms with Crippen LogP contribution in [0.4, 0.5) is 29.0 Å². The van der Waals surface area contributed by atoms with Crippen molar-refractivity contribution in [2.45, 2.75) is 44.9 Å². The van der Waals surface area contributed by atoms with Crippen LogP contribution in [0.2, 0.25) is 0 Å². The average Bonchev–Trinajstić information content (AvgIpc) is 3.24. The van der Waals surface area contributed by atoms with Gasteiger partial charge >= 0.3 is 0 Å². The number of amides is 1. The molecule has 3 N–H and O–H groups in total. The number of hydrazine groups is 1. The summed E-state index contributed by atoms with van der Waals surface area (Å²) in [7, 11) is 2.15. The summed E-state index contributed by atoms with van der Waals surface area (Å²) >= 11 is 0. The lowest BCUT2D eigenvalue weighted by Crippen LogP contribution is -2.46. The summed E-state index contributed by atoms with van der Waals surface area (Å²) < 4.78 is 0. The summed E-state index contributed by atoms with van der Waals surface area (Å²) in [4.78, 5) is 31.3. The van der Waals surface area contributed by atoms with Crippen LogP contribution in [-0.2, 0) is 16.8 Å². The summed E-state index contributed by atoms with van der Waals surface area (Å²) in [5, 5.41) is 21.3. The molecule has 1 fully saturated rings. The number of hydrogen-bond acceptors (Lipinski definition) is 10. The van der Waals surface area contributed by atoms with E-state index in [2.05, 4.69) is 57.2 Å². The fourth-order valence-corrected chi connectivity index (χ4v) is 6.23. The third-order valence-electron chi connectivity index (χ3n) is 8.40. The lowest BCUT2D eigenvalue weighted by Gasteiger charge is -2.37. The highest BCUT2D eigenvalue weighted by atomic mass is 16.3. The summed E-state index contributed by atoms with van der Waals surface area (Å²) in [6.45, 7) is 12.0. The molecule has 3 aromatic rings. The lowest BCUT2D eigenvalue weighted by atomic mass is 9.81. The van der Waals surface area contributed by atoms with Crippen molar-refractivity contribution in [3.05, 3.63) is 72.1 Å². The molecule has 220 valence electrons. The highest BCUT2D eigenvalue weighted by molar-refractivity contribution is 5.74. The van der Waals surface area contributed by atoms with Crippen molar-refractivity contribution in [2.75, 3.05) is 55.0 Å². The number of carbonyl (C=O) groups is 1. The topological polar surface area (TPSA) is 113 Å². The first kappa shape index (κ1) is 28.1. The fourth-order valence-electron chi connectivity index (χ4n) is 6.23. The van der Waals surface area contributed by atoms with Gasteiger partial charge in [0.05, 0.1) is 16.8 Å². The van der Waals surface area contributed by atoms with Crippen molar-refractivity contribution < 1.29 is 9.90 Å². The van der Waals surface area contributed by atoms with Crippen LogP contribution in [0.1, 0.15) is 49.7 Å². The van der Waals surface area contributed by atoms with E-state index in [1.165, 1.54) is 12.6 Å². The van der Waals surface area contributed by atoms with E-state index in [9.17, 15) is 9.90 Å². The number of anilines is 5. The molecule has 1 amide bonds. The van der Waals surface area contributed by atoms with Crippen LogP contribution in [0.15, 0.2) is 55.3 Å². The van der Waals surface area contributed by atoms with E-state index in [-0.39, 0.29) is 5.91 Å². The molecule has 11 heteroatoms. The molecule has 0 spiro atoms. The number of aliphatic hydroxyl groups is 1. The van der Waals surface area contributed by atoms with Crippen LogP contribution in [-0.4, -0.2) is 75.6 Å². The highest BCUT2D eigenvalue weighted by Gasteiger charge is 2.40. The van der Waals surface area contributed by atoms with Crippen LogP contribution < -0.4 is 20.5 Å². The van der Waals surface area contributed by atoms with Gasteiger partial charge in [0, 0.05) is 57.2 Å². The second kappa shape index (κ2) is 11.3. The fraction of sp³-hybridized carbons (Fsp3) is 0.419. The van der Waals surface area contributed by atoms with Gasteiger partial charge in [-0.05, 0) is 69.1 Å². The molecule has 42 heavy (non-hydrogen) atoms. The molecule has 0 bridgehead atoms. The molecule has 1 aromatic carbocycles. The van der Waals surface area contributed by atoms with E-state index in [0.29, 0.717) is 29.7 Å². The molecule has 6 rings (SSSR count). The predicted octanol–water partition coefficient (Wildman–Crippen LogP) is 3.60. The first-order valence-electron chi connectivity index (χ1n) is 14.6. The van der Waals surface area contributed by atoms with Crippen molar-refractivity contribution in [3.63, 3.8) is 0 Å². The molecule has 1 unspecified atom stereocenters. The quantitative estimate of drug-likeness (QED) is 0.365. The normalized spacial score (nSPS) is 22.4. The summed E-state index contributed by atoms with van der Waals surface area (Å²) in [5.74, 6) is 1.47. The summed E-state index contributed by atoms with van der Waals surface area (Å²) in [6, 6.07) is 12.3. The second-order valence-electron chi connectivity index (χ2n) is 11.6. The van der Waals surface area contributed by atoms with Gasteiger partial charge in [-0.2, -0.15) is 9.99 Å². The minimum Gasteiger partial charge on any atom is -0.372 e. The van der Waals surface area contributed by atoms with Crippen molar-refractivity contribution in [3.8, 4) is 0 Å². The number of carbonyl (C=O) groups excluding carboxylic acids is 1. The van der Waals surface area contributed by atoms with Crippen LogP contribution in [0.25, 0.3) is 0 Å². The number of piperazine rings is 1. The Kier molecular flexibility index (Phi) is 7.56. The zero-order valence-corrected chi connectivity index (χ0v) is 24.5. The molecular formula is C31H39N9O2. The number of nitrogens with zero attached hydrogens (tertiary/aromatic N) is 7. The average molecular weight is 570 g/mol. The molecular weight excluding hydrogens is 530 g/mol. The molecule has 0 radical (unpaired) electrons. The Morgan fingerprint density at radius 3 is 2.62 bits per heavy atom. The molecule has 4 heterocycles. The van der Waals surface area contributed by atoms with E-state index in [0.717, 1.165) is 62.4 Å². The number of hydrogen-bond donors (Lipinski definition) is 3. The van der Waals surface area contributed by atoms with Crippen molar-refractivity contribution in [1.29, 1.82) is 0 Å². The number of likely N-dealkylation sites (N-methyl/N-ethyl adjacent to an activating group) is 1. The van der Waals surface area contributed by atoms with Gasteiger partial charge in [0.25, 0.3) is 0 Å². The van der Waals surface area contributed by atoms with Gasteiger partial charge in [-0.15, -0.1) is 6.58 Å². The van der Waals surface area contributed by atoms with Gasteiger partial charge < -0.3 is 25.5 Å². The Labute approximate surface area is 246 Å². The molecule has 11 nitrogen and oxygen atoms in total.